The molecule has 0 saturated heterocycles. The van der Waals surface area contributed by atoms with E-state index in [2.05, 4.69) is 10.6 Å². The van der Waals surface area contributed by atoms with Crippen LogP contribution in [0.2, 0.25) is 0 Å². The van der Waals surface area contributed by atoms with E-state index in [1.54, 1.807) is 20.8 Å². The van der Waals surface area contributed by atoms with E-state index in [4.69, 9.17) is 4.74 Å². The number of rotatable bonds is 5. The molecule has 1 heterocycles. The van der Waals surface area contributed by atoms with Gasteiger partial charge in [-0.3, -0.25) is 9.59 Å². The summed E-state index contributed by atoms with van der Waals surface area (Å²) < 4.78 is 4.83. The number of thiophene rings is 1. The van der Waals surface area contributed by atoms with Crippen LogP contribution in [0.1, 0.15) is 50.6 Å². The molecule has 0 aliphatic heterocycles. The van der Waals surface area contributed by atoms with Crippen LogP contribution in [0.15, 0.2) is 18.2 Å². The van der Waals surface area contributed by atoms with Crippen molar-refractivity contribution in [3.8, 4) is 0 Å². The summed E-state index contributed by atoms with van der Waals surface area (Å²) in [5.41, 5.74) is 3.44. The van der Waals surface area contributed by atoms with Gasteiger partial charge in [0.2, 0.25) is 5.91 Å². The lowest BCUT2D eigenvalue weighted by molar-refractivity contribution is -0.118. The van der Waals surface area contributed by atoms with E-state index < -0.39 is 5.97 Å². The maximum atomic E-state index is 12.8. The topological polar surface area (TPSA) is 84.5 Å². The first kappa shape index (κ1) is 20.6. The molecule has 1 aromatic heterocycles. The lowest BCUT2D eigenvalue weighted by Gasteiger charge is -2.07. The number of hydrogen-bond acceptors (Lipinski definition) is 5. The minimum absolute atomic E-state index is 0.210. The van der Waals surface area contributed by atoms with Gasteiger partial charge in [0.25, 0.3) is 5.91 Å². The fraction of sp³-hybridized carbons (Fsp3) is 0.350. The van der Waals surface area contributed by atoms with Crippen molar-refractivity contribution >= 4 is 39.8 Å². The van der Waals surface area contributed by atoms with E-state index in [0.29, 0.717) is 21.1 Å². The average Bonchev–Trinajstić information content (AvgIpc) is 2.89. The standard InChI is InChI=1S/C20H24N2O4S/c1-10(2)17(23)22-19-15(20(25)26-6)13(5)16(27-19)18(24)21-14-8-11(3)7-12(4)9-14/h7-10H,1-6H3,(H,21,24)(H,22,23). The summed E-state index contributed by atoms with van der Waals surface area (Å²) in [6, 6.07) is 5.76. The van der Waals surface area contributed by atoms with E-state index in [1.807, 2.05) is 32.0 Å². The number of benzene rings is 1. The van der Waals surface area contributed by atoms with Crippen molar-refractivity contribution in [2.24, 2.45) is 5.92 Å². The van der Waals surface area contributed by atoms with Crippen LogP contribution in [0.3, 0.4) is 0 Å². The molecular formula is C20H24N2O4S. The summed E-state index contributed by atoms with van der Waals surface area (Å²) >= 11 is 1.07. The SMILES string of the molecule is COC(=O)c1c(NC(=O)C(C)C)sc(C(=O)Nc2cc(C)cc(C)c2)c1C. The zero-order chi connectivity index (χ0) is 20.3. The van der Waals surface area contributed by atoms with E-state index in [1.165, 1.54) is 7.11 Å². The summed E-state index contributed by atoms with van der Waals surface area (Å²) in [7, 11) is 1.27. The van der Waals surface area contributed by atoms with Crippen molar-refractivity contribution in [1.82, 2.24) is 0 Å². The quantitative estimate of drug-likeness (QED) is 0.748. The predicted molar refractivity (Wildman–Crippen MR) is 108 cm³/mol. The molecule has 2 aromatic rings. The van der Waals surface area contributed by atoms with E-state index >= 15 is 0 Å². The zero-order valence-electron chi connectivity index (χ0n) is 16.4. The highest BCUT2D eigenvalue weighted by molar-refractivity contribution is 7.18. The van der Waals surface area contributed by atoms with Crippen molar-refractivity contribution in [2.45, 2.75) is 34.6 Å². The maximum Gasteiger partial charge on any atom is 0.341 e. The number of anilines is 2. The first-order valence-corrected chi connectivity index (χ1v) is 9.37. The van der Waals surface area contributed by atoms with Gasteiger partial charge in [-0.2, -0.15) is 0 Å². The number of hydrogen-bond donors (Lipinski definition) is 2. The molecule has 0 aliphatic rings. The molecule has 0 fully saturated rings. The maximum absolute atomic E-state index is 12.8. The molecule has 0 spiro atoms. The van der Waals surface area contributed by atoms with Crippen molar-refractivity contribution in [3.63, 3.8) is 0 Å². The van der Waals surface area contributed by atoms with Crippen LogP contribution in [0.25, 0.3) is 0 Å². The van der Waals surface area contributed by atoms with Gasteiger partial charge in [0.1, 0.15) is 5.00 Å². The van der Waals surface area contributed by atoms with Gasteiger partial charge in [0.15, 0.2) is 0 Å². The number of carbonyl (C=O) groups excluding carboxylic acids is 3. The lowest BCUT2D eigenvalue weighted by Crippen LogP contribution is -2.19. The molecule has 2 N–H and O–H groups in total. The monoisotopic (exact) mass is 388 g/mol. The third kappa shape index (κ3) is 4.74. The van der Waals surface area contributed by atoms with Crippen molar-refractivity contribution in [3.05, 3.63) is 45.3 Å². The molecule has 6 nitrogen and oxygen atoms in total. The molecule has 2 rings (SSSR count). The molecular weight excluding hydrogens is 364 g/mol. The van der Waals surface area contributed by atoms with Gasteiger partial charge < -0.3 is 15.4 Å². The number of carbonyl (C=O) groups is 3. The molecule has 0 atom stereocenters. The van der Waals surface area contributed by atoms with Gasteiger partial charge >= 0.3 is 5.97 Å². The molecule has 2 amide bonds. The van der Waals surface area contributed by atoms with Crippen LogP contribution in [0.5, 0.6) is 0 Å². The molecule has 27 heavy (non-hydrogen) atoms. The van der Waals surface area contributed by atoms with Gasteiger partial charge in [-0.1, -0.05) is 19.9 Å². The summed E-state index contributed by atoms with van der Waals surface area (Å²) in [6.45, 7) is 9.08. The van der Waals surface area contributed by atoms with Gasteiger partial charge in [0.05, 0.1) is 17.6 Å². The Bertz CT molecular complexity index is 879. The first-order valence-electron chi connectivity index (χ1n) is 8.56. The molecule has 0 saturated carbocycles. The van der Waals surface area contributed by atoms with Gasteiger partial charge in [-0.15, -0.1) is 11.3 Å². The molecule has 0 unspecified atom stereocenters. The summed E-state index contributed by atoms with van der Waals surface area (Å²) in [6.07, 6.45) is 0. The minimum Gasteiger partial charge on any atom is -0.465 e. The molecule has 144 valence electrons. The number of amides is 2. The van der Waals surface area contributed by atoms with Crippen LogP contribution >= 0.6 is 11.3 Å². The third-order valence-corrected chi connectivity index (χ3v) is 5.19. The third-order valence-electron chi connectivity index (χ3n) is 3.98. The highest BCUT2D eigenvalue weighted by atomic mass is 32.1. The van der Waals surface area contributed by atoms with Crippen LogP contribution < -0.4 is 10.6 Å². The molecule has 0 aliphatic carbocycles. The van der Waals surface area contributed by atoms with Crippen molar-refractivity contribution in [2.75, 3.05) is 17.7 Å². The average molecular weight is 388 g/mol. The molecule has 1 aromatic carbocycles. The van der Waals surface area contributed by atoms with E-state index in [9.17, 15) is 14.4 Å². The highest BCUT2D eigenvalue weighted by Crippen LogP contribution is 2.34. The summed E-state index contributed by atoms with van der Waals surface area (Å²) in [5, 5.41) is 5.91. The lowest BCUT2D eigenvalue weighted by atomic mass is 10.1. The fourth-order valence-corrected chi connectivity index (χ4v) is 3.75. The second kappa shape index (κ2) is 8.35. The Morgan fingerprint density at radius 1 is 1.00 bits per heavy atom. The molecule has 0 radical (unpaired) electrons. The summed E-state index contributed by atoms with van der Waals surface area (Å²) in [4.78, 5) is 37.4. The van der Waals surface area contributed by atoms with Gasteiger partial charge in [-0.05, 0) is 49.6 Å². The second-order valence-corrected chi connectivity index (χ2v) is 7.75. The van der Waals surface area contributed by atoms with Gasteiger partial charge in [-0.25, -0.2) is 4.79 Å². The van der Waals surface area contributed by atoms with Crippen molar-refractivity contribution in [1.29, 1.82) is 0 Å². The minimum atomic E-state index is -0.590. The Kier molecular flexibility index (Phi) is 6.38. The number of nitrogens with one attached hydrogen (secondary N) is 2. The fourth-order valence-electron chi connectivity index (χ4n) is 2.66. The second-order valence-electron chi connectivity index (χ2n) is 6.73. The number of methoxy groups -OCH3 is 1. The highest BCUT2D eigenvalue weighted by Gasteiger charge is 2.26. The van der Waals surface area contributed by atoms with Crippen molar-refractivity contribution < 1.29 is 19.1 Å². The number of esters is 1. The Morgan fingerprint density at radius 2 is 1.59 bits per heavy atom. The number of aryl methyl sites for hydroxylation is 2. The van der Waals surface area contributed by atoms with Gasteiger partial charge in [0, 0.05) is 11.6 Å². The van der Waals surface area contributed by atoms with Crippen LogP contribution in [-0.2, 0) is 9.53 Å². The van der Waals surface area contributed by atoms with Crippen LogP contribution in [0.4, 0.5) is 10.7 Å². The van der Waals surface area contributed by atoms with E-state index in [0.717, 1.165) is 22.5 Å². The normalized spacial score (nSPS) is 10.6. The predicted octanol–water partition coefficient (Wildman–Crippen LogP) is 4.31. The van der Waals surface area contributed by atoms with Crippen LogP contribution in [0, 0.1) is 26.7 Å². The molecule has 0 bridgehead atoms. The first-order chi connectivity index (χ1) is 12.6. The zero-order valence-corrected chi connectivity index (χ0v) is 17.2. The number of ether oxygens (including phenoxy) is 1. The Labute approximate surface area is 162 Å². The largest absolute Gasteiger partial charge is 0.465 e. The van der Waals surface area contributed by atoms with Crippen LogP contribution in [-0.4, -0.2) is 24.9 Å². The molecule has 7 heteroatoms. The Morgan fingerprint density at radius 3 is 2.11 bits per heavy atom. The Balaban J connectivity index is 2.40. The Hall–Kier alpha value is -2.67. The van der Waals surface area contributed by atoms with E-state index in [-0.39, 0.29) is 23.3 Å². The smallest absolute Gasteiger partial charge is 0.341 e. The summed E-state index contributed by atoms with van der Waals surface area (Å²) in [5.74, 6) is -1.42.